The smallest absolute Gasteiger partial charge is 0.161 e. The number of pyridine rings is 3. The van der Waals surface area contributed by atoms with Gasteiger partial charge in [0.2, 0.25) is 0 Å². The van der Waals surface area contributed by atoms with Gasteiger partial charge in [-0.2, -0.15) is 5.10 Å². The zero-order valence-electron chi connectivity index (χ0n) is 19.0. The number of aromatic nitrogens is 7. The van der Waals surface area contributed by atoms with E-state index in [1.807, 2.05) is 30.5 Å². The molecule has 8 nitrogen and oxygen atoms in total. The monoisotopic (exact) mass is 464 g/mol. The Hall–Kier alpha value is -4.66. The van der Waals surface area contributed by atoms with Gasteiger partial charge in [0.05, 0.1) is 11.1 Å². The van der Waals surface area contributed by atoms with Gasteiger partial charge in [0.15, 0.2) is 17.1 Å². The second-order valence-corrected chi connectivity index (χ2v) is 8.61. The molecule has 1 aromatic carbocycles. The molecule has 3 N–H and O–H groups in total. The average molecular weight is 465 g/mol. The summed E-state index contributed by atoms with van der Waals surface area (Å²) in [5.41, 5.74) is 6.83. The maximum atomic E-state index is 13.8. The first-order valence-electron chi connectivity index (χ1n) is 11.2. The second-order valence-electron chi connectivity index (χ2n) is 8.61. The van der Waals surface area contributed by atoms with E-state index in [1.165, 1.54) is 12.1 Å². The average Bonchev–Trinajstić information content (AvgIpc) is 3.47. The Kier molecular flexibility index (Phi) is 4.95. The Morgan fingerprint density at radius 3 is 2.66 bits per heavy atom. The van der Waals surface area contributed by atoms with Gasteiger partial charge < -0.3 is 10.3 Å². The zero-order chi connectivity index (χ0) is 23.9. The second kappa shape index (κ2) is 8.28. The molecule has 0 saturated carbocycles. The van der Waals surface area contributed by atoms with Crippen LogP contribution >= 0.6 is 0 Å². The van der Waals surface area contributed by atoms with Crippen LogP contribution in [0.3, 0.4) is 0 Å². The Balaban J connectivity index is 1.45. The Morgan fingerprint density at radius 2 is 1.80 bits per heavy atom. The summed E-state index contributed by atoms with van der Waals surface area (Å²) < 4.78 is 13.8. The van der Waals surface area contributed by atoms with E-state index in [1.54, 1.807) is 24.7 Å². The molecule has 0 atom stereocenters. The summed E-state index contributed by atoms with van der Waals surface area (Å²) in [5, 5.41) is 11.6. The number of halogens is 1. The van der Waals surface area contributed by atoms with Crippen molar-refractivity contribution < 1.29 is 4.39 Å². The van der Waals surface area contributed by atoms with Crippen LogP contribution in [0.4, 0.5) is 10.1 Å². The lowest BCUT2D eigenvalue weighted by Gasteiger charge is -2.10. The first-order valence-corrected chi connectivity index (χ1v) is 11.2. The number of hydrogen-bond acceptors (Lipinski definition) is 6. The maximum absolute atomic E-state index is 13.8. The molecule has 0 spiro atoms. The number of nitrogens with one attached hydrogen (secondary N) is 3. The first-order chi connectivity index (χ1) is 17.0. The van der Waals surface area contributed by atoms with Gasteiger partial charge >= 0.3 is 0 Å². The molecule has 6 rings (SSSR count). The summed E-state index contributed by atoms with van der Waals surface area (Å²) in [6.07, 6.45) is 7.08. The van der Waals surface area contributed by atoms with E-state index < -0.39 is 0 Å². The molecule has 0 bridgehead atoms. The van der Waals surface area contributed by atoms with Gasteiger partial charge in [-0.3, -0.25) is 10.1 Å². The highest BCUT2D eigenvalue weighted by molar-refractivity contribution is 5.96. The topological polar surface area (TPSA) is 108 Å². The Bertz CT molecular complexity index is 1680. The van der Waals surface area contributed by atoms with Crippen LogP contribution in [0.2, 0.25) is 0 Å². The van der Waals surface area contributed by atoms with E-state index in [4.69, 9.17) is 4.98 Å². The van der Waals surface area contributed by atoms with Crippen molar-refractivity contribution in [2.75, 3.05) is 5.32 Å². The van der Waals surface area contributed by atoms with Crippen molar-refractivity contribution in [3.63, 3.8) is 0 Å². The van der Waals surface area contributed by atoms with Gasteiger partial charge in [0.1, 0.15) is 17.0 Å². The Labute approximate surface area is 199 Å². The number of anilines is 1. The minimum absolute atomic E-state index is 0.298. The summed E-state index contributed by atoms with van der Waals surface area (Å²) in [5.74, 6) is 0.247. The van der Waals surface area contributed by atoms with Crippen molar-refractivity contribution >= 4 is 27.9 Å². The molecule has 0 unspecified atom stereocenters. The fraction of sp³-hybridized carbons (Fsp3) is 0.115. The van der Waals surface area contributed by atoms with Gasteiger partial charge in [-0.15, -0.1) is 0 Å². The summed E-state index contributed by atoms with van der Waals surface area (Å²) in [7, 11) is 0. The van der Waals surface area contributed by atoms with E-state index >= 15 is 0 Å². The molecular weight excluding hydrogens is 443 g/mol. The van der Waals surface area contributed by atoms with E-state index in [9.17, 15) is 4.39 Å². The van der Waals surface area contributed by atoms with Crippen molar-refractivity contribution in [1.82, 2.24) is 35.1 Å². The third-order valence-electron chi connectivity index (χ3n) is 5.69. The molecule has 0 aliphatic heterocycles. The molecule has 5 aromatic heterocycles. The largest absolute Gasteiger partial charge is 0.382 e. The number of nitrogens with zero attached hydrogens (tertiary/aromatic N) is 5. The summed E-state index contributed by atoms with van der Waals surface area (Å²) in [6, 6.07) is 12.6. The SMILES string of the molecule is CC(C)Nc1cncc(-c2cnc3[nH]nc(-c4nc5c(-c6cccc(F)c6)ccnc5[nH]4)c3c2)c1. The van der Waals surface area contributed by atoms with Crippen LogP contribution in [0.1, 0.15) is 13.8 Å². The van der Waals surface area contributed by atoms with Crippen molar-refractivity contribution in [1.29, 1.82) is 0 Å². The molecule has 0 saturated heterocycles. The van der Waals surface area contributed by atoms with Gasteiger partial charge in [-0.05, 0) is 49.7 Å². The van der Waals surface area contributed by atoms with Gasteiger partial charge in [-0.1, -0.05) is 12.1 Å². The van der Waals surface area contributed by atoms with Crippen molar-refractivity contribution in [2.24, 2.45) is 0 Å². The van der Waals surface area contributed by atoms with Crippen LogP contribution in [-0.2, 0) is 0 Å². The molecule has 35 heavy (non-hydrogen) atoms. The molecule has 0 radical (unpaired) electrons. The van der Waals surface area contributed by atoms with Crippen molar-refractivity contribution in [3.05, 3.63) is 73.1 Å². The lowest BCUT2D eigenvalue weighted by Crippen LogP contribution is -2.09. The molecule has 172 valence electrons. The number of imidazole rings is 1. The number of hydrogen-bond donors (Lipinski definition) is 3. The molecule has 5 heterocycles. The number of H-pyrrole nitrogens is 2. The standard InChI is InChI=1S/C26H21FN8/c1-14(2)31-19-9-16(11-28-13-19)17-10-21-23(34-35-24(21)30-12-17)26-32-22-20(6-7-29-25(22)33-26)15-4-3-5-18(27)8-15/h3-14,31H,1-2H3,(H,29,32,33)(H,30,34,35). The highest BCUT2D eigenvalue weighted by atomic mass is 19.1. The van der Waals surface area contributed by atoms with Crippen LogP contribution in [0.5, 0.6) is 0 Å². The maximum Gasteiger partial charge on any atom is 0.161 e. The molecule has 0 aliphatic rings. The third kappa shape index (κ3) is 3.86. The van der Waals surface area contributed by atoms with Crippen LogP contribution in [0.25, 0.3) is 56.0 Å². The minimum atomic E-state index is -0.303. The van der Waals surface area contributed by atoms with E-state index in [-0.39, 0.29) is 5.82 Å². The zero-order valence-corrected chi connectivity index (χ0v) is 19.0. The predicted molar refractivity (Wildman–Crippen MR) is 134 cm³/mol. The lowest BCUT2D eigenvalue weighted by molar-refractivity contribution is 0.628. The fourth-order valence-corrected chi connectivity index (χ4v) is 4.16. The summed E-state index contributed by atoms with van der Waals surface area (Å²) in [4.78, 5) is 21.4. The number of fused-ring (bicyclic) bond motifs is 2. The number of rotatable bonds is 5. The van der Waals surface area contributed by atoms with Crippen molar-refractivity contribution in [2.45, 2.75) is 19.9 Å². The van der Waals surface area contributed by atoms with E-state index in [0.717, 1.165) is 33.3 Å². The van der Waals surface area contributed by atoms with Crippen molar-refractivity contribution in [3.8, 4) is 33.8 Å². The predicted octanol–water partition coefficient (Wildman–Crippen LogP) is 5.58. The van der Waals surface area contributed by atoms with E-state index in [0.29, 0.717) is 34.4 Å². The molecule has 0 amide bonds. The van der Waals surface area contributed by atoms with Gasteiger partial charge in [0.25, 0.3) is 0 Å². The van der Waals surface area contributed by atoms with Crippen LogP contribution < -0.4 is 5.32 Å². The summed E-state index contributed by atoms with van der Waals surface area (Å²) >= 11 is 0. The molecule has 0 aliphatic carbocycles. The van der Waals surface area contributed by atoms with Gasteiger partial charge in [0, 0.05) is 47.5 Å². The lowest BCUT2D eigenvalue weighted by atomic mass is 10.1. The first kappa shape index (κ1) is 20.9. The highest BCUT2D eigenvalue weighted by Gasteiger charge is 2.17. The van der Waals surface area contributed by atoms with Crippen LogP contribution in [0.15, 0.2) is 67.3 Å². The fourth-order valence-electron chi connectivity index (χ4n) is 4.16. The minimum Gasteiger partial charge on any atom is -0.382 e. The third-order valence-corrected chi connectivity index (χ3v) is 5.69. The van der Waals surface area contributed by atoms with Crippen LogP contribution in [-0.4, -0.2) is 41.2 Å². The Morgan fingerprint density at radius 1 is 0.914 bits per heavy atom. The normalized spacial score (nSPS) is 11.5. The quantitative estimate of drug-likeness (QED) is 0.307. The highest BCUT2D eigenvalue weighted by Crippen LogP contribution is 2.32. The van der Waals surface area contributed by atoms with Gasteiger partial charge in [-0.25, -0.2) is 19.3 Å². The van der Waals surface area contributed by atoms with E-state index in [2.05, 4.69) is 49.3 Å². The molecule has 6 aromatic rings. The molecule has 9 heteroatoms. The number of aromatic amines is 2. The van der Waals surface area contributed by atoms with Crippen LogP contribution in [0, 0.1) is 5.82 Å². The molecular formula is C26H21FN8. The summed E-state index contributed by atoms with van der Waals surface area (Å²) in [6.45, 7) is 4.17. The number of benzene rings is 1. The molecule has 0 fully saturated rings.